The second-order valence-electron chi connectivity index (χ2n) is 9.83. The Morgan fingerprint density at radius 2 is 1.49 bits per heavy atom. The molecule has 3 amide bonds. The molecule has 0 aliphatic carbocycles. The van der Waals surface area contributed by atoms with E-state index in [4.69, 9.17) is 0 Å². The predicted octanol–water partition coefficient (Wildman–Crippen LogP) is 6.74. The molecule has 0 bridgehead atoms. The van der Waals surface area contributed by atoms with E-state index in [1.165, 1.54) is 42.1 Å². The molecular formula is C33H30N4O5S. The molecule has 9 nitrogen and oxygen atoms in total. The normalized spacial score (nSPS) is 11.7. The second-order valence-corrected chi connectivity index (χ2v) is 11.2. The van der Waals surface area contributed by atoms with Crippen LogP contribution in [-0.4, -0.2) is 27.9 Å². The van der Waals surface area contributed by atoms with Gasteiger partial charge in [-0.15, -0.1) is 11.8 Å². The predicted molar refractivity (Wildman–Crippen MR) is 170 cm³/mol. The van der Waals surface area contributed by atoms with Gasteiger partial charge >= 0.3 is 0 Å². The minimum Gasteiger partial charge on any atom is -0.325 e. The summed E-state index contributed by atoms with van der Waals surface area (Å²) in [7, 11) is 0. The van der Waals surface area contributed by atoms with Crippen molar-refractivity contribution in [1.82, 2.24) is 5.32 Å². The number of nitro groups is 1. The van der Waals surface area contributed by atoms with Crippen molar-refractivity contribution in [3.05, 3.63) is 135 Å². The van der Waals surface area contributed by atoms with E-state index in [1.807, 2.05) is 38.1 Å². The summed E-state index contributed by atoms with van der Waals surface area (Å²) in [5.41, 5.74) is 4.00. The van der Waals surface area contributed by atoms with E-state index in [1.54, 1.807) is 55.5 Å². The van der Waals surface area contributed by atoms with E-state index in [2.05, 4.69) is 16.0 Å². The third kappa shape index (κ3) is 8.88. The molecule has 0 saturated heterocycles. The van der Waals surface area contributed by atoms with Crippen LogP contribution in [0.1, 0.15) is 34.0 Å². The van der Waals surface area contributed by atoms with Crippen molar-refractivity contribution < 1.29 is 19.3 Å². The summed E-state index contributed by atoms with van der Waals surface area (Å²) in [6.45, 7) is 5.75. The van der Waals surface area contributed by atoms with Crippen LogP contribution in [0.15, 0.2) is 108 Å². The molecule has 0 saturated carbocycles. The lowest BCUT2D eigenvalue weighted by molar-refractivity contribution is -0.384. The Kier molecular flexibility index (Phi) is 10.1. The summed E-state index contributed by atoms with van der Waals surface area (Å²) >= 11 is 1.34. The standard InChI is InChI=1S/C33H30N4O5S/c1-21-16-22(2)18-27(17-21)35-31(38)23(3)43-29-11-7-10-26(20-29)34-33(40)30(36-32(39)25-8-5-4-6-9-25)19-24-12-14-28(15-13-24)37(41)42/h4-20,23H,1-3H3,(H,34,40)(H,35,38)(H,36,39)/b30-19+. The number of amides is 3. The first-order valence-corrected chi connectivity index (χ1v) is 14.2. The lowest BCUT2D eigenvalue weighted by atomic mass is 10.1. The zero-order chi connectivity index (χ0) is 30.9. The maximum Gasteiger partial charge on any atom is 0.272 e. The van der Waals surface area contributed by atoms with Gasteiger partial charge in [0.2, 0.25) is 5.91 Å². The fourth-order valence-electron chi connectivity index (χ4n) is 4.20. The molecule has 218 valence electrons. The molecular weight excluding hydrogens is 564 g/mol. The number of hydrogen-bond acceptors (Lipinski definition) is 6. The third-order valence-corrected chi connectivity index (χ3v) is 7.30. The average molecular weight is 595 g/mol. The second kappa shape index (κ2) is 14.1. The van der Waals surface area contributed by atoms with Crippen molar-refractivity contribution in [1.29, 1.82) is 0 Å². The Morgan fingerprint density at radius 3 is 2.14 bits per heavy atom. The van der Waals surface area contributed by atoms with Gasteiger partial charge < -0.3 is 16.0 Å². The van der Waals surface area contributed by atoms with Crippen LogP contribution >= 0.6 is 11.8 Å². The summed E-state index contributed by atoms with van der Waals surface area (Å²) in [5.74, 6) is -1.23. The number of nitro benzene ring substituents is 1. The van der Waals surface area contributed by atoms with Gasteiger partial charge in [-0.25, -0.2) is 0 Å². The van der Waals surface area contributed by atoms with Crippen LogP contribution in [0.2, 0.25) is 0 Å². The zero-order valence-corrected chi connectivity index (χ0v) is 24.6. The van der Waals surface area contributed by atoms with Crippen LogP contribution in [0.4, 0.5) is 17.1 Å². The maximum atomic E-state index is 13.4. The molecule has 4 aromatic carbocycles. The number of thioether (sulfide) groups is 1. The first-order valence-electron chi connectivity index (χ1n) is 13.4. The van der Waals surface area contributed by atoms with Crippen molar-refractivity contribution in [2.24, 2.45) is 0 Å². The lowest BCUT2D eigenvalue weighted by Crippen LogP contribution is -2.30. The Balaban J connectivity index is 1.49. The van der Waals surface area contributed by atoms with Gasteiger partial charge in [-0.3, -0.25) is 24.5 Å². The number of benzene rings is 4. The fourth-order valence-corrected chi connectivity index (χ4v) is 5.12. The van der Waals surface area contributed by atoms with Crippen molar-refractivity contribution >= 4 is 52.6 Å². The van der Waals surface area contributed by atoms with E-state index in [0.717, 1.165) is 21.7 Å². The summed E-state index contributed by atoms with van der Waals surface area (Å²) in [5, 5.41) is 19.0. The molecule has 43 heavy (non-hydrogen) atoms. The van der Waals surface area contributed by atoms with Gasteiger partial charge in [0.15, 0.2) is 0 Å². The molecule has 4 aromatic rings. The zero-order valence-electron chi connectivity index (χ0n) is 23.8. The van der Waals surface area contributed by atoms with E-state index in [0.29, 0.717) is 16.8 Å². The third-order valence-electron chi connectivity index (χ3n) is 6.21. The van der Waals surface area contributed by atoms with Crippen molar-refractivity contribution in [2.45, 2.75) is 30.9 Å². The van der Waals surface area contributed by atoms with E-state index in [9.17, 15) is 24.5 Å². The molecule has 4 rings (SSSR count). The Bertz CT molecular complexity index is 1670. The first-order chi connectivity index (χ1) is 20.6. The Morgan fingerprint density at radius 1 is 0.814 bits per heavy atom. The van der Waals surface area contributed by atoms with Crippen LogP contribution in [0.25, 0.3) is 6.08 Å². The number of hydrogen-bond donors (Lipinski definition) is 3. The number of nitrogens with one attached hydrogen (secondary N) is 3. The molecule has 0 fully saturated rings. The molecule has 1 unspecified atom stereocenters. The molecule has 0 aromatic heterocycles. The molecule has 0 radical (unpaired) electrons. The number of aryl methyl sites for hydroxylation is 2. The number of anilines is 2. The van der Waals surface area contributed by atoms with Gasteiger partial charge in [-0.2, -0.15) is 0 Å². The van der Waals surface area contributed by atoms with Crippen LogP contribution in [0.3, 0.4) is 0 Å². The van der Waals surface area contributed by atoms with Gasteiger partial charge in [-0.1, -0.05) is 30.3 Å². The molecule has 0 aliphatic heterocycles. The fraction of sp³-hybridized carbons (Fsp3) is 0.121. The number of nitrogens with zero attached hydrogens (tertiary/aromatic N) is 1. The number of rotatable bonds is 10. The molecule has 10 heteroatoms. The SMILES string of the molecule is Cc1cc(C)cc(NC(=O)C(C)Sc2cccc(NC(=O)/C(=C\c3ccc([N+](=O)[O-])cc3)NC(=O)c3ccccc3)c2)c1. The van der Waals surface area contributed by atoms with E-state index >= 15 is 0 Å². The molecule has 0 heterocycles. The highest BCUT2D eigenvalue weighted by Crippen LogP contribution is 2.27. The van der Waals surface area contributed by atoms with Crippen LogP contribution in [-0.2, 0) is 9.59 Å². The van der Waals surface area contributed by atoms with Crippen molar-refractivity contribution in [3.8, 4) is 0 Å². The minimum atomic E-state index is -0.592. The smallest absolute Gasteiger partial charge is 0.272 e. The lowest BCUT2D eigenvalue weighted by Gasteiger charge is -2.14. The molecule has 3 N–H and O–H groups in total. The van der Waals surface area contributed by atoms with E-state index in [-0.39, 0.29) is 17.3 Å². The highest BCUT2D eigenvalue weighted by atomic mass is 32.2. The van der Waals surface area contributed by atoms with Crippen LogP contribution in [0.5, 0.6) is 0 Å². The highest BCUT2D eigenvalue weighted by Gasteiger charge is 2.18. The van der Waals surface area contributed by atoms with Gasteiger partial charge in [-0.05, 0) is 98.1 Å². The van der Waals surface area contributed by atoms with Gasteiger partial charge in [0, 0.05) is 34.0 Å². The van der Waals surface area contributed by atoms with Crippen LogP contribution < -0.4 is 16.0 Å². The van der Waals surface area contributed by atoms with Gasteiger partial charge in [0.1, 0.15) is 5.70 Å². The highest BCUT2D eigenvalue weighted by molar-refractivity contribution is 8.00. The summed E-state index contributed by atoms with van der Waals surface area (Å²) in [6.07, 6.45) is 1.44. The van der Waals surface area contributed by atoms with Crippen molar-refractivity contribution in [2.75, 3.05) is 10.6 Å². The van der Waals surface area contributed by atoms with Gasteiger partial charge in [0.25, 0.3) is 17.5 Å². The number of non-ortho nitro benzene ring substituents is 1. The maximum absolute atomic E-state index is 13.4. The Labute approximate surface area is 253 Å². The van der Waals surface area contributed by atoms with Gasteiger partial charge in [0.05, 0.1) is 10.2 Å². The summed E-state index contributed by atoms with van der Waals surface area (Å²) in [4.78, 5) is 50.4. The summed E-state index contributed by atoms with van der Waals surface area (Å²) < 4.78 is 0. The largest absolute Gasteiger partial charge is 0.325 e. The number of carbonyl (C=O) groups is 3. The van der Waals surface area contributed by atoms with Crippen LogP contribution in [0, 0.1) is 24.0 Å². The topological polar surface area (TPSA) is 130 Å². The van der Waals surface area contributed by atoms with E-state index < -0.39 is 22.0 Å². The quantitative estimate of drug-likeness (QED) is 0.0807. The number of carbonyl (C=O) groups excluding carboxylic acids is 3. The van der Waals surface area contributed by atoms with Crippen molar-refractivity contribution in [3.63, 3.8) is 0 Å². The first kappa shape index (κ1) is 30.7. The monoisotopic (exact) mass is 594 g/mol. The molecule has 0 aliphatic rings. The minimum absolute atomic E-state index is 0.0537. The molecule has 1 atom stereocenters. The Hall–Kier alpha value is -5.22. The average Bonchev–Trinajstić information content (AvgIpc) is 2.97. The summed E-state index contributed by atoms with van der Waals surface area (Å²) in [6, 6.07) is 26.9. The molecule has 0 spiro atoms.